The normalized spacial score (nSPS) is 33.9. The van der Waals surface area contributed by atoms with E-state index in [9.17, 15) is 15.0 Å². The van der Waals surface area contributed by atoms with Crippen LogP contribution >= 0.6 is 0 Å². The lowest BCUT2D eigenvalue weighted by atomic mass is 9.85. The molecule has 5 heteroatoms. The molecule has 1 aliphatic carbocycles. The monoisotopic (exact) mass is 272 g/mol. The summed E-state index contributed by atoms with van der Waals surface area (Å²) in [6, 6.07) is 0. The van der Waals surface area contributed by atoms with Gasteiger partial charge in [-0.25, -0.2) is 0 Å². The molecule has 1 aliphatic rings. The lowest BCUT2D eigenvalue weighted by Crippen LogP contribution is -2.60. The fourth-order valence-corrected chi connectivity index (χ4v) is 2.96. The Kier molecular flexibility index (Phi) is 3.94. The van der Waals surface area contributed by atoms with Crippen LogP contribution in [0.4, 0.5) is 0 Å². The standard InChI is InChI=1S/C13H24O4Si/c1-12(2,3)18(5,6)17-11-9(14)7-8-10(15)13(11,4)16/h7-9,11,14,16H,1-6H3. The molecule has 0 aliphatic heterocycles. The zero-order valence-electron chi connectivity index (χ0n) is 12.0. The third kappa shape index (κ3) is 2.74. The van der Waals surface area contributed by atoms with Crippen molar-refractivity contribution >= 4 is 14.1 Å². The van der Waals surface area contributed by atoms with Crippen molar-refractivity contribution < 1.29 is 19.4 Å². The van der Waals surface area contributed by atoms with E-state index in [1.807, 2.05) is 13.1 Å². The molecule has 3 unspecified atom stereocenters. The smallest absolute Gasteiger partial charge is 0.192 e. The van der Waals surface area contributed by atoms with E-state index in [1.54, 1.807) is 0 Å². The van der Waals surface area contributed by atoms with E-state index in [1.165, 1.54) is 19.1 Å². The molecular formula is C13H24O4Si. The Balaban J connectivity index is 3.02. The average Bonchev–Trinajstić information content (AvgIpc) is 2.18. The van der Waals surface area contributed by atoms with E-state index in [4.69, 9.17) is 4.43 Å². The molecule has 4 nitrogen and oxygen atoms in total. The highest BCUT2D eigenvalue weighted by molar-refractivity contribution is 6.74. The van der Waals surface area contributed by atoms with Crippen LogP contribution in [0.1, 0.15) is 27.7 Å². The van der Waals surface area contributed by atoms with Gasteiger partial charge in [0, 0.05) is 0 Å². The number of hydrogen-bond donors (Lipinski definition) is 2. The summed E-state index contributed by atoms with van der Waals surface area (Å²) in [4.78, 5) is 11.7. The summed E-state index contributed by atoms with van der Waals surface area (Å²) in [6.07, 6.45) is 0.761. The van der Waals surface area contributed by atoms with Gasteiger partial charge in [-0.05, 0) is 37.2 Å². The quantitative estimate of drug-likeness (QED) is 0.750. The molecule has 0 heterocycles. The van der Waals surface area contributed by atoms with E-state index in [0.717, 1.165) is 0 Å². The van der Waals surface area contributed by atoms with Crippen LogP contribution in [-0.4, -0.2) is 42.1 Å². The molecule has 104 valence electrons. The van der Waals surface area contributed by atoms with Crippen molar-refractivity contribution in [3.8, 4) is 0 Å². The predicted octanol–water partition coefficient (Wildman–Crippen LogP) is 1.63. The summed E-state index contributed by atoms with van der Waals surface area (Å²) in [5.74, 6) is -0.420. The van der Waals surface area contributed by atoms with Crippen LogP contribution in [0, 0.1) is 0 Å². The van der Waals surface area contributed by atoms with Gasteiger partial charge in [-0.15, -0.1) is 0 Å². The van der Waals surface area contributed by atoms with Crippen LogP contribution in [0.3, 0.4) is 0 Å². The van der Waals surface area contributed by atoms with Crippen molar-refractivity contribution in [1.29, 1.82) is 0 Å². The second-order valence-corrected chi connectivity index (χ2v) is 11.4. The maximum absolute atomic E-state index is 11.7. The molecule has 0 radical (unpaired) electrons. The maximum Gasteiger partial charge on any atom is 0.192 e. The van der Waals surface area contributed by atoms with Crippen LogP contribution in [0.15, 0.2) is 12.2 Å². The number of ketones is 1. The lowest BCUT2D eigenvalue weighted by molar-refractivity contribution is -0.150. The van der Waals surface area contributed by atoms with Crippen molar-refractivity contribution in [1.82, 2.24) is 0 Å². The number of hydrogen-bond acceptors (Lipinski definition) is 4. The first-order valence-corrected chi connectivity index (χ1v) is 9.11. The van der Waals surface area contributed by atoms with Gasteiger partial charge in [0.05, 0.1) is 0 Å². The molecule has 3 atom stereocenters. The van der Waals surface area contributed by atoms with E-state index in [-0.39, 0.29) is 5.04 Å². The van der Waals surface area contributed by atoms with Crippen molar-refractivity contribution in [2.24, 2.45) is 0 Å². The van der Waals surface area contributed by atoms with Gasteiger partial charge in [-0.3, -0.25) is 4.79 Å². The van der Waals surface area contributed by atoms with Crippen LogP contribution in [0.5, 0.6) is 0 Å². The molecule has 0 saturated carbocycles. The predicted molar refractivity (Wildman–Crippen MR) is 72.8 cm³/mol. The largest absolute Gasteiger partial charge is 0.408 e. The molecule has 0 spiro atoms. The minimum atomic E-state index is -2.16. The summed E-state index contributed by atoms with van der Waals surface area (Å²) in [7, 11) is -2.16. The van der Waals surface area contributed by atoms with Crippen LogP contribution < -0.4 is 0 Å². The minimum Gasteiger partial charge on any atom is -0.408 e. The summed E-state index contributed by atoms with van der Waals surface area (Å²) in [5.41, 5.74) is -1.66. The molecule has 0 fully saturated rings. The Labute approximate surface area is 110 Å². The fourth-order valence-electron chi connectivity index (χ4n) is 1.61. The third-order valence-electron chi connectivity index (χ3n) is 4.04. The number of carbonyl (C=O) groups excluding carboxylic acids is 1. The van der Waals surface area contributed by atoms with Gasteiger partial charge in [0.2, 0.25) is 0 Å². The summed E-state index contributed by atoms with van der Waals surface area (Å²) in [6.45, 7) is 11.7. The zero-order chi connectivity index (χ0) is 14.4. The second-order valence-electron chi connectivity index (χ2n) is 6.66. The molecule has 0 bridgehead atoms. The van der Waals surface area contributed by atoms with Crippen LogP contribution in [-0.2, 0) is 9.22 Å². The Morgan fingerprint density at radius 3 is 2.33 bits per heavy atom. The molecule has 0 saturated heterocycles. The summed E-state index contributed by atoms with van der Waals surface area (Å²) in [5, 5.41) is 20.1. The van der Waals surface area contributed by atoms with Gasteiger partial charge >= 0.3 is 0 Å². The van der Waals surface area contributed by atoms with Crippen LogP contribution in [0.2, 0.25) is 18.1 Å². The molecule has 0 aromatic rings. The highest BCUT2D eigenvalue weighted by atomic mass is 28.4. The molecule has 0 aromatic heterocycles. The van der Waals surface area contributed by atoms with Gasteiger partial charge in [-0.1, -0.05) is 20.8 Å². The van der Waals surface area contributed by atoms with E-state index in [2.05, 4.69) is 20.8 Å². The molecular weight excluding hydrogens is 248 g/mol. The number of aliphatic hydroxyl groups is 2. The van der Waals surface area contributed by atoms with Gasteiger partial charge in [-0.2, -0.15) is 0 Å². The van der Waals surface area contributed by atoms with E-state index < -0.39 is 31.9 Å². The Hall–Kier alpha value is -0.493. The first-order valence-electron chi connectivity index (χ1n) is 6.20. The molecule has 0 amide bonds. The van der Waals surface area contributed by atoms with Crippen molar-refractivity contribution in [3.05, 3.63) is 12.2 Å². The Bertz CT molecular complexity index is 366. The highest BCUT2D eigenvalue weighted by Crippen LogP contribution is 2.39. The van der Waals surface area contributed by atoms with E-state index in [0.29, 0.717) is 0 Å². The first-order chi connectivity index (χ1) is 7.89. The zero-order valence-corrected chi connectivity index (χ0v) is 13.0. The Morgan fingerprint density at radius 2 is 1.89 bits per heavy atom. The van der Waals surface area contributed by atoms with Crippen molar-refractivity contribution in [3.63, 3.8) is 0 Å². The molecule has 2 N–H and O–H groups in total. The highest BCUT2D eigenvalue weighted by Gasteiger charge is 2.50. The topological polar surface area (TPSA) is 66.8 Å². The summed E-state index contributed by atoms with van der Waals surface area (Å²) < 4.78 is 6.01. The third-order valence-corrected chi connectivity index (χ3v) is 8.49. The SMILES string of the molecule is CC1(O)C(=O)C=CC(O)C1O[Si](C)(C)C(C)(C)C. The first kappa shape index (κ1) is 15.6. The average molecular weight is 272 g/mol. The maximum atomic E-state index is 11.7. The van der Waals surface area contributed by atoms with Gasteiger partial charge in [0.15, 0.2) is 19.7 Å². The lowest BCUT2D eigenvalue weighted by Gasteiger charge is -2.44. The van der Waals surface area contributed by atoms with Crippen molar-refractivity contribution in [2.75, 3.05) is 0 Å². The second kappa shape index (κ2) is 4.56. The number of carbonyl (C=O) groups is 1. The Morgan fingerprint density at radius 1 is 1.39 bits per heavy atom. The van der Waals surface area contributed by atoms with Crippen molar-refractivity contribution in [2.45, 2.75) is 63.6 Å². The number of aliphatic hydroxyl groups excluding tert-OH is 1. The molecule has 0 aromatic carbocycles. The fraction of sp³-hybridized carbons (Fsp3) is 0.769. The molecule has 18 heavy (non-hydrogen) atoms. The summed E-state index contributed by atoms with van der Waals surface area (Å²) >= 11 is 0. The number of rotatable bonds is 2. The van der Waals surface area contributed by atoms with E-state index >= 15 is 0 Å². The molecule has 1 rings (SSSR count). The minimum absolute atomic E-state index is 0.0486. The van der Waals surface area contributed by atoms with Gasteiger partial charge in [0.1, 0.15) is 12.2 Å². The van der Waals surface area contributed by atoms with Gasteiger partial charge in [0.25, 0.3) is 0 Å². The van der Waals surface area contributed by atoms with Crippen LogP contribution in [0.25, 0.3) is 0 Å². The van der Waals surface area contributed by atoms with Gasteiger partial charge < -0.3 is 14.6 Å².